The largest absolute Gasteiger partial charge is 0.370 e. The van der Waals surface area contributed by atoms with Crippen molar-refractivity contribution in [2.75, 3.05) is 11.9 Å². The monoisotopic (exact) mass is 350 g/mol. The van der Waals surface area contributed by atoms with E-state index in [4.69, 9.17) is 0 Å². The molecule has 0 atom stereocenters. The van der Waals surface area contributed by atoms with Crippen molar-refractivity contribution < 1.29 is 0 Å². The van der Waals surface area contributed by atoms with Crippen LogP contribution in [0.4, 0.5) is 5.82 Å². The third-order valence-electron chi connectivity index (χ3n) is 2.93. The molecule has 0 aromatic carbocycles. The molecule has 4 nitrogen and oxygen atoms in total. The Morgan fingerprint density at radius 3 is 2.80 bits per heavy atom. The Kier molecular flexibility index (Phi) is 4.21. The number of anilines is 1. The van der Waals surface area contributed by atoms with Gasteiger partial charge in [0.15, 0.2) is 0 Å². The van der Waals surface area contributed by atoms with Crippen LogP contribution in [0, 0.1) is 0 Å². The van der Waals surface area contributed by atoms with Crippen molar-refractivity contribution in [2.24, 2.45) is 0 Å². The normalized spacial score (nSPS) is 14.3. The van der Waals surface area contributed by atoms with E-state index in [-0.39, 0.29) is 0 Å². The first-order valence-electron chi connectivity index (χ1n) is 6.67. The summed E-state index contributed by atoms with van der Waals surface area (Å²) >= 11 is 4.97. The number of pyridine rings is 1. The van der Waals surface area contributed by atoms with E-state index in [1.807, 2.05) is 18.2 Å². The molecule has 2 heterocycles. The summed E-state index contributed by atoms with van der Waals surface area (Å²) in [4.78, 5) is 13.6. The smallest absolute Gasteiger partial charge is 0.135 e. The van der Waals surface area contributed by atoms with Gasteiger partial charge in [-0.3, -0.25) is 0 Å². The lowest BCUT2D eigenvalue weighted by molar-refractivity contribution is 0.875. The summed E-state index contributed by atoms with van der Waals surface area (Å²) in [6.45, 7) is 2.93. The van der Waals surface area contributed by atoms with Gasteiger partial charge in [0.05, 0.1) is 0 Å². The van der Waals surface area contributed by atoms with E-state index in [1.54, 1.807) is 18.0 Å². The van der Waals surface area contributed by atoms with Crippen LogP contribution in [-0.4, -0.2) is 21.5 Å². The minimum atomic E-state index is 0.547. The summed E-state index contributed by atoms with van der Waals surface area (Å²) < 4.78 is 0.983. The highest BCUT2D eigenvalue weighted by Crippen LogP contribution is 2.39. The van der Waals surface area contributed by atoms with Gasteiger partial charge in [-0.05, 0) is 59.6 Å². The first kappa shape index (κ1) is 13.8. The molecule has 6 heteroatoms. The maximum atomic E-state index is 4.66. The van der Waals surface area contributed by atoms with E-state index < -0.39 is 0 Å². The topological polar surface area (TPSA) is 50.7 Å². The molecule has 0 amide bonds. The van der Waals surface area contributed by atoms with Crippen molar-refractivity contribution in [3.05, 3.63) is 34.7 Å². The minimum absolute atomic E-state index is 0.547. The number of hydrogen-bond acceptors (Lipinski definition) is 5. The van der Waals surface area contributed by atoms with Gasteiger partial charge in [-0.15, -0.1) is 0 Å². The Balaban J connectivity index is 1.85. The van der Waals surface area contributed by atoms with E-state index in [9.17, 15) is 0 Å². The van der Waals surface area contributed by atoms with Gasteiger partial charge >= 0.3 is 0 Å². The number of nitrogens with zero attached hydrogens (tertiary/aromatic N) is 3. The van der Waals surface area contributed by atoms with Crippen LogP contribution in [-0.2, 0) is 0 Å². The van der Waals surface area contributed by atoms with Crippen molar-refractivity contribution in [1.29, 1.82) is 0 Å². The summed E-state index contributed by atoms with van der Waals surface area (Å²) in [7, 11) is 0. The highest BCUT2D eigenvalue weighted by atomic mass is 79.9. The summed E-state index contributed by atoms with van der Waals surface area (Å²) in [5, 5.41) is 5.17. The Morgan fingerprint density at radius 2 is 2.15 bits per heavy atom. The molecule has 0 aliphatic heterocycles. The number of hydrogen-bond donors (Lipinski definition) is 1. The van der Waals surface area contributed by atoms with Gasteiger partial charge in [0.25, 0.3) is 0 Å². The second-order valence-electron chi connectivity index (χ2n) is 4.67. The SMILES string of the molecule is CCNc1cc(Sc2ccc(Br)cn2)nc(C2CC2)n1. The standard InChI is InChI=1S/C14H15BrN4S/c1-2-16-11-7-13(19-14(18-11)9-3-4-9)20-12-6-5-10(15)8-17-12/h5-9H,2-4H2,1H3,(H,16,18,19). The fourth-order valence-electron chi connectivity index (χ4n) is 1.82. The second kappa shape index (κ2) is 6.10. The number of nitrogens with one attached hydrogen (secondary N) is 1. The maximum absolute atomic E-state index is 4.66. The molecule has 1 N–H and O–H groups in total. The van der Waals surface area contributed by atoms with E-state index in [0.29, 0.717) is 5.92 Å². The molecule has 1 fully saturated rings. The fraction of sp³-hybridized carbons (Fsp3) is 0.357. The van der Waals surface area contributed by atoms with Crippen LogP contribution in [0.15, 0.2) is 38.9 Å². The molecule has 2 aromatic heterocycles. The van der Waals surface area contributed by atoms with Gasteiger partial charge in [0.1, 0.15) is 21.7 Å². The summed E-state index contributed by atoms with van der Waals surface area (Å²) in [6, 6.07) is 5.97. The third kappa shape index (κ3) is 3.49. The Morgan fingerprint density at radius 1 is 1.30 bits per heavy atom. The van der Waals surface area contributed by atoms with Gasteiger partial charge in [-0.25, -0.2) is 15.0 Å². The highest BCUT2D eigenvalue weighted by Gasteiger charge is 2.27. The molecule has 0 spiro atoms. The molecule has 1 saturated carbocycles. The van der Waals surface area contributed by atoms with Gasteiger partial charge in [-0.1, -0.05) is 0 Å². The lowest BCUT2D eigenvalue weighted by Gasteiger charge is -2.08. The van der Waals surface area contributed by atoms with Crippen LogP contribution in [0.5, 0.6) is 0 Å². The van der Waals surface area contributed by atoms with Crippen molar-refractivity contribution in [3.63, 3.8) is 0 Å². The zero-order valence-corrected chi connectivity index (χ0v) is 13.5. The average molecular weight is 351 g/mol. The van der Waals surface area contributed by atoms with Gasteiger partial charge in [0.2, 0.25) is 0 Å². The zero-order valence-electron chi connectivity index (χ0n) is 11.1. The first-order chi connectivity index (χ1) is 9.74. The molecule has 0 unspecified atom stereocenters. The molecule has 0 bridgehead atoms. The Bertz CT molecular complexity index is 599. The number of rotatable bonds is 5. The molecular weight excluding hydrogens is 336 g/mol. The molecule has 104 valence electrons. The van der Waals surface area contributed by atoms with E-state index >= 15 is 0 Å². The van der Waals surface area contributed by atoms with Crippen molar-refractivity contribution in [1.82, 2.24) is 15.0 Å². The molecule has 0 radical (unpaired) electrons. The molecule has 1 aliphatic carbocycles. The van der Waals surface area contributed by atoms with Crippen molar-refractivity contribution in [3.8, 4) is 0 Å². The lowest BCUT2D eigenvalue weighted by atomic mass is 10.4. The van der Waals surface area contributed by atoms with Crippen LogP contribution in [0.25, 0.3) is 0 Å². The summed E-state index contributed by atoms with van der Waals surface area (Å²) in [5.74, 6) is 2.41. The Labute approximate surface area is 131 Å². The number of halogens is 1. The second-order valence-corrected chi connectivity index (χ2v) is 6.63. The predicted octanol–water partition coefficient (Wildman–Crippen LogP) is 4.09. The van der Waals surface area contributed by atoms with E-state index in [2.05, 4.69) is 43.1 Å². The summed E-state index contributed by atoms with van der Waals surface area (Å²) in [5.41, 5.74) is 0. The van der Waals surface area contributed by atoms with E-state index in [0.717, 1.165) is 32.7 Å². The number of aromatic nitrogens is 3. The van der Waals surface area contributed by atoms with E-state index in [1.165, 1.54) is 12.8 Å². The van der Waals surface area contributed by atoms with Crippen LogP contribution in [0.2, 0.25) is 0 Å². The quantitative estimate of drug-likeness (QED) is 0.822. The zero-order chi connectivity index (χ0) is 13.9. The fourth-order valence-corrected chi connectivity index (χ4v) is 2.82. The summed E-state index contributed by atoms with van der Waals surface area (Å²) in [6.07, 6.45) is 4.21. The van der Waals surface area contributed by atoms with Crippen LogP contribution < -0.4 is 5.32 Å². The molecular formula is C14H15BrN4S. The maximum Gasteiger partial charge on any atom is 0.135 e. The first-order valence-corrected chi connectivity index (χ1v) is 8.28. The third-order valence-corrected chi connectivity index (χ3v) is 4.27. The van der Waals surface area contributed by atoms with Crippen LogP contribution in [0.3, 0.4) is 0 Å². The Hall–Kier alpha value is -1.14. The average Bonchev–Trinajstić information content (AvgIpc) is 3.26. The molecule has 2 aromatic rings. The van der Waals surface area contributed by atoms with Crippen LogP contribution >= 0.6 is 27.7 Å². The highest BCUT2D eigenvalue weighted by molar-refractivity contribution is 9.10. The molecule has 1 aliphatic rings. The van der Waals surface area contributed by atoms with Crippen LogP contribution in [0.1, 0.15) is 31.5 Å². The van der Waals surface area contributed by atoms with Gasteiger partial charge < -0.3 is 5.32 Å². The lowest BCUT2D eigenvalue weighted by Crippen LogP contribution is -2.03. The predicted molar refractivity (Wildman–Crippen MR) is 84.2 cm³/mol. The molecule has 20 heavy (non-hydrogen) atoms. The molecule has 0 saturated heterocycles. The van der Waals surface area contributed by atoms with Gasteiger partial charge in [0, 0.05) is 29.2 Å². The van der Waals surface area contributed by atoms with Crippen molar-refractivity contribution in [2.45, 2.75) is 35.7 Å². The van der Waals surface area contributed by atoms with Crippen molar-refractivity contribution >= 4 is 33.5 Å². The molecule has 3 rings (SSSR count). The minimum Gasteiger partial charge on any atom is -0.370 e. The van der Waals surface area contributed by atoms with Gasteiger partial charge in [-0.2, -0.15) is 0 Å².